The van der Waals surface area contributed by atoms with Crippen molar-refractivity contribution in [2.75, 3.05) is 0 Å². The van der Waals surface area contributed by atoms with E-state index in [1.165, 1.54) is 12.5 Å². The molecular formula is C13H16N2. The number of aromatic amines is 1. The van der Waals surface area contributed by atoms with Crippen LogP contribution in [0.1, 0.15) is 40.6 Å². The van der Waals surface area contributed by atoms with Gasteiger partial charge in [0.2, 0.25) is 0 Å². The predicted octanol–water partition coefficient (Wildman–Crippen LogP) is 3.18. The van der Waals surface area contributed by atoms with Gasteiger partial charge in [-0.15, -0.1) is 0 Å². The van der Waals surface area contributed by atoms with Crippen LogP contribution in [0.2, 0.25) is 0 Å². The molecule has 0 saturated carbocycles. The summed E-state index contributed by atoms with van der Waals surface area (Å²) in [7, 11) is 0. The number of aryl methyl sites for hydroxylation is 1. The van der Waals surface area contributed by atoms with Crippen molar-refractivity contribution >= 4 is 0 Å². The van der Waals surface area contributed by atoms with E-state index in [4.69, 9.17) is 5.48 Å². The smallest absolute Gasteiger partial charge is 0.0921 e. The third-order valence-electron chi connectivity index (χ3n) is 2.64. The molecule has 1 unspecified atom stereocenters. The molecule has 0 aliphatic rings. The summed E-state index contributed by atoms with van der Waals surface area (Å²) in [5.74, 6) is -1.83. The maximum atomic E-state index is 8.57. The van der Waals surface area contributed by atoms with Crippen LogP contribution in [0.4, 0.5) is 0 Å². The fourth-order valence-electron chi connectivity index (χ4n) is 1.56. The molecule has 2 aromatic rings. The molecule has 1 aromatic heterocycles. The van der Waals surface area contributed by atoms with E-state index in [-0.39, 0.29) is 5.69 Å². The minimum atomic E-state index is -2.49. The van der Waals surface area contributed by atoms with Crippen LogP contribution in [0.3, 0.4) is 0 Å². The van der Waals surface area contributed by atoms with Crippen LogP contribution < -0.4 is 0 Å². The van der Waals surface area contributed by atoms with Crippen molar-refractivity contribution < 1.29 is 5.48 Å². The highest BCUT2D eigenvalue weighted by molar-refractivity contribution is 5.38. The summed E-state index contributed by atoms with van der Waals surface area (Å²) in [4.78, 5) is 6.62. The fraction of sp³-hybridized carbons (Fsp3) is 0.308. The zero-order valence-corrected chi connectivity index (χ0v) is 8.83. The Morgan fingerprint density at radius 2 is 2.33 bits per heavy atom. The van der Waals surface area contributed by atoms with Gasteiger partial charge >= 0.3 is 0 Å². The first kappa shape index (κ1) is 6.11. The fourth-order valence-corrected chi connectivity index (χ4v) is 1.56. The number of H-pyrrole nitrogens is 1. The first-order valence-electron chi connectivity index (χ1n) is 6.84. The van der Waals surface area contributed by atoms with Gasteiger partial charge in [-0.3, -0.25) is 0 Å². The van der Waals surface area contributed by atoms with Crippen molar-refractivity contribution in [3.63, 3.8) is 0 Å². The zero-order chi connectivity index (χ0) is 14.3. The van der Waals surface area contributed by atoms with E-state index < -0.39 is 12.7 Å². The van der Waals surface area contributed by atoms with Gasteiger partial charge < -0.3 is 4.98 Å². The van der Waals surface area contributed by atoms with Crippen LogP contribution in [0.25, 0.3) is 0 Å². The van der Waals surface area contributed by atoms with Crippen LogP contribution in [-0.2, 0) is 0 Å². The van der Waals surface area contributed by atoms with E-state index >= 15 is 0 Å². The van der Waals surface area contributed by atoms with Crippen molar-refractivity contribution in [3.05, 3.63) is 53.1 Å². The molecule has 2 rings (SSSR count). The molecule has 0 amide bonds. The topological polar surface area (TPSA) is 28.7 Å². The van der Waals surface area contributed by atoms with E-state index in [0.717, 1.165) is 11.1 Å². The largest absolute Gasteiger partial charge is 0.348 e. The monoisotopic (exact) mass is 204 g/mol. The minimum Gasteiger partial charge on any atom is -0.348 e. The van der Waals surface area contributed by atoms with Gasteiger partial charge in [-0.25, -0.2) is 4.98 Å². The molecule has 0 aliphatic heterocycles. The second kappa shape index (κ2) is 3.89. The second-order valence-electron chi connectivity index (χ2n) is 3.59. The Morgan fingerprint density at radius 1 is 1.47 bits per heavy atom. The molecule has 0 aliphatic carbocycles. The van der Waals surface area contributed by atoms with Crippen molar-refractivity contribution in [2.45, 2.75) is 26.6 Å². The van der Waals surface area contributed by atoms with E-state index in [1.54, 1.807) is 12.1 Å². The van der Waals surface area contributed by atoms with Crippen molar-refractivity contribution in [2.24, 2.45) is 0 Å². The van der Waals surface area contributed by atoms with Crippen LogP contribution >= 0.6 is 0 Å². The normalized spacial score (nSPS) is 19.6. The zero-order valence-electron chi connectivity index (χ0n) is 12.8. The van der Waals surface area contributed by atoms with Crippen LogP contribution in [-0.4, -0.2) is 9.97 Å². The molecule has 78 valence electrons. The summed E-state index contributed by atoms with van der Waals surface area (Å²) in [5, 5.41) is 0. The predicted molar refractivity (Wildman–Crippen MR) is 62.0 cm³/mol. The van der Waals surface area contributed by atoms with Gasteiger partial charge in [-0.2, -0.15) is 0 Å². The highest BCUT2D eigenvalue weighted by Gasteiger charge is 2.12. The van der Waals surface area contributed by atoms with Gasteiger partial charge in [0.05, 0.1) is 6.33 Å². The average Bonchev–Trinajstić information content (AvgIpc) is 2.84. The second-order valence-corrected chi connectivity index (χ2v) is 3.59. The van der Waals surface area contributed by atoms with Gasteiger partial charge in [0.25, 0.3) is 0 Å². The van der Waals surface area contributed by atoms with Crippen molar-refractivity contribution in [3.8, 4) is 0 Å². The number of aromatic nitrogens is 2. The quantitative estimate of drug-likeness (QED) is 0.799. The highest BCUT2D eigenvalue weighted by Crippen LogP contribution is 2.26. The molecule has 1 N–H and O–H groups in total. The molecule has 2 nitrogen and oxygen atoms in total. The summed E-state index contributed by atoms with van der Waals surface area (Å²) >= 11 is 0. The van der Waals surface area contributed by atoms with E-state index in [1.807, 2.05) is 19.9 Å². The number of nitrogens with one attached hydrogen (secondary N) is 1. The SMILES string of the molecule is [2H]C([2H])([2H])C([2H])(c1cnc[nH]1)c1cccc(C)c1C. The molecule has 0 bridgehead atoms. The molecule has 1 aromatic carbocycles. The number of nitrogens with zero attached hydrogens (tertiary/aromatic N) is 1. The number of hydrogen-bond donors (Lipinski definition) is 1. The minimum absolute atomic E-state index is 0.279. The molecule has 1 atom stereocenters. The Balaban J connectivity index is 2.73. The summed E-state index contributed by atoms with van der Waals surface area (Å²) in [6.07, 6.45) is 2.80. The molecule has 0 radical (unpaired) electrons. The van der Waals surface area contributed by atoms with Crippen molar-refractivity contribution in [1.29, 1.82) is 0 Å². The Hall–Kier alpha value is -1.57. The maximum Gasteiger partial charge on any atom is 0.0921 e. The van der Waals surface area contributed by atoms with Gasteiger partial charge in [0.1, 0.15) is 0 Å². The lowest BCUT2D eigenvalue weighted by molar-refractivity contribution is 0.871. The van der Waals surface area contributed by atoms with Crippen LogP contribution in [0, 0.1) is 13.8 Å². The number of benzene rings is 1. The van der Waals surface area contributed by atoms with Crippen molar-refractivity contribution in [1.82, 2.24) is 9.97 Å². The van der Waals surface area contributed by atoms with E-state index in [0.29, 0.717) is 5.56 Å². The van der Waals surface area contributed by atoms with Gasteiger partial charge in [-0.1, -0.05) is 25.1 Å². The molecule has 1 heterocycles. The Labute approximate surface area is 96.0 Å². The summed E-state index contributed by atoms with van der Waals surface area (Å²) < 4.78 is 31.9. The first-order valence-corrected chi connectivity index (χ1v) is 4.84. The lowest BCUT2D eigenvalue weighted by Crippen LogP contribution is -2.00. The number of hydrogen-bond acceptors (Lipinski definition) is 1. The Kier molecular flexibility index (Phi) is 1.58. The highest BCUT2D eigenvalue weighted by atomic mass is 14.9. The Bertz CT molecular complexity index is 575. The third-order valence-corrected chi connectivity index (χ3v) is 2.64. The van der Waals surface area contributed by atoms with Crippen LogP contribution in [0.15, 0.2) is 30.7 Å². The number of rotatable bonds is 2. The molecule has 2 heteroatoms. The first-order chi connectivity index (χ1) is 8.78. The van der Waals surface area contributed by atoms with Gasteiger partial charge in [0, 0.05) is 23.3 Å². The molecular weight excluding hydrogens is 184 g/mol. The lowest BCUT2D eigenvalue weighted by Gasteiger charge is -2.14. The van der Waals surface area contributed by atoms with E-state index in [2.05, 4.69) is 9.97 Å². The average molecular weight is 204 g/mol. The van der Waals surface area contributed by atoms with Crippen LogP contribution in [0.5, 0.6) is 0 Å². The van der Waals surface area contributed by atoms with Gasteiger partial charge in [0.15, 0.2) is 0 Å². The van der Waals surface area contributed by atoms with E-state index in [9.17, 15) is 0 Å². The van der Waals surface area contributed by atoms with Gasteiger partial charge in [-0.05, 0) is 30.5 Å². The summed E-state index contributed by atoms with van der Waals surface area (Å²) in [6, 6.07) is 5.39. The summed E-state index contributed by atoms with van der Waals surface area (Å²) in [6.45, 7) is 1.26. The lowest BCUT2D eigenvalue weighted by atomic mass is 9.92. The standard InChI is InChI=1S/C13H16N2/c1-9-5-4-6-12(10(9)2)11(3)13-7-14-8-15-13/h4-8,11H,1-3H3,(H,14,15)/i3D3,11D. The number of imidazole rings is 1. The molecule has 0 spiro atoms. The molecule has 15 heavy (non-hydrogen) atoms. The summed E-state index contributed by atoms with van der Waals surface area (Å²) in [5.41, 5.74) is 2.55. The maximum absolute atomic E-state index is 8.57. The Morgan fingerprint density at radius 3 is 3.00 bits per heavy atom. The molecule has 0 saturated heterocycles. The third kappa shape index (κ3) is 1.80. The molecule has 0 fully saturated rings.